The molecule has 0 aliphatic carbocycles. The molecule has 0 atom stereocenters. The zero-order valence-corrected chi connectivity index (χ0v) is 21.0. The van der Waals surface area contributed by atoms with Crippen LogP contribution in [-0.4, -0.2) is 22.5 Å². The van der Waals surface area contributed by atoms with E-state index in [0.717, 1.165) is 22.3 Å². The minimum Gasteiger partial charge on any atom is -0.470 e. The van der Waals surface area contributed by atoms with Crippen LogP contribution in [0.25, 0.3) is 55.8 Å². The molecule has 0 fully saturated rings. The van der Waals surface area contributed by atoms with Crippen molar-refractivity contribution in [3.63, 3.8) is 0 Å². The number of aryl methyl sites for hydroxylation is 1. The molecular formula is C31H21F2N3O3. The van der Waals surface area contributed by atoms with Crippen molar-refractivity contribution in [1.82, 2.24) is 14.9 Å². The summed E-state index contributed by atoms with van der Waals surface area (Å²) in [5.74, 6) is -0.0209. The lowest BCUT2D eigenvalue weighted by Gasteiger charge is -2.21. The Hall–Kier alpha value is -4.98. The average Bonchev–Trinajstić information content (AvgIpc) is 3.52. The number of fused-ring (bicyclic) bond motifs is 6. The fourth-order valence-corrected chi connectivity index (χ4v) is 5.29. The van der Waals surface area contributed by atoms with E-state index in [1.54, 1.807) is 31.3 Å². The minimum atomic E-state index is -0.376. The lowest BCUT2D eigenvalue weighted by atomic mass is 9.98. The van der Waals surface area contributed by atoms with Gasteiger partial charge in [0.1, 0.15) is 34.4 Å². The topological polar surface area (TPSA) is 69.3 Å². The smallest absolute Gasteiger partial charge is 0.255 e. The number of amides is 1. The molecule has 0 saturated heterocycles. The summed E-state index contributed by atoms with van der Waals surface area (Å²) in [6.45, 7) is 2.20. The van der Waals surface area contributed by atoms with E-state index in [4.69, 9.17) is 14.1 Å². The van der Waals surface area contributed by atoms with Crippen molar-refractivity contribution in [2.24, 2.45) is 0 Å². The predicted molar refractivity (Wildman–Crippen MR) is 144 cm³/mol. The van der Waals surface area contributed by atoms with Crippen molar-refractivity contribution in [3.8, 4) is 39.7 Å². The van der Waals surface area contributed by atoms with E-state index in [1.807, 2.05) is 41.8 Å². The summed E-state index contributed by atoms with van der Waals surface area (Å²) in [7, 11) is 1.55. The number of benzene rings is 3. The second-order valence-corrected chi connectivity index (χ2v) is 9.50. The third kappa shape index (κ3) is 3.52. The number of nitrogens with one attached hydrogen (secondary N) is 1. The molecule has 192 valence electrons. The van der Waals surface area contributed by atoms with Crippen molar-refractivity contribution in [3.05, 3.63) is 95.6 Å². The SMILES string of the molecule is CNC(=O)c1c(-c2ccc(F)cc2)oc2cc(C)c(-c3ccc4c(n3)-c3cc5c(F)cccc5n3CO4)cc12. The van der Waals surface area contributed by atoms with E-state index in [-0.39, 0.29) is 24.3 Å². The quantitative estimate of drug-likeness (QED) is 0.270. The van der Waals surface area contributed by atoms with Crippen LogP contribution in [0.3, 0.4) is 0 Å². The van der Waals surface area contributed by atoms with Crippen LogP contribution in [-0.2, 0) is 6.73 Å². The standard InChI is InChI=1S/C31H21F2N3O3/c1-16-12-27-21(28(31(37)34-2)30(39-27)17-6-8-18(32)9-7-17)13-19(16)23-10-11-26-29(35-23)25-14-20-22(33)4-3-5-24(20)36(25)15-38-26/h3-14H,15H2,1-2H3,(H,34,37). The van der Waals surface area contributed by atoms with Gasteiger partial charge in [0.25, 0.3) is 5.91 Å². The molecule has 1 N–H and O–H groups in total. The Kier molecular flexibility index (Phi) is 5.06. The summed E-state index contributed by atoms with van der Waals surface area (Å²) >= 11 is 0. The molecule has 0 bridgehead atoms. The fourth-order valence-electron chi connectivity index (χ4n) is 5.29. The normalized spacial score (nSPS) is 12.3. The highest BCUT2D eigenvalue weighted by atomic mass is 19.1. The number of carbonyl (C=O) groups is 1. The number of nitrogens with zero attached hydrogens (tertiary/aromatic N) is 2. The Morgan fingerprint density at radius 1 is 1.00 bits per heavy atom. The molecule has 0 radical (unpaired) electrons. The number of halogens is 2. The summed E-state index contributed by atoms with van der Waals surface area (Å²) in [6, 6.07) is 20.1. The van der Waals surface area contributed by atoms with Gasteiger partial charge in [-0.1, -0.05) is 6.07 Å². The van der Waals surface area contributed by atoms with Crippen LogP contribution < -0.4 is 10.1 Å². The lowest BCUT2D eigenvalue weighted by Crippen LogP contribution is -2.18. The third-order valence-corrected chi connectivity index (χ3v) is 7.21. The minimum absolute atomic E-state index is 0.262. The van der Waals surface area contributed by atoms with E-state index in [1.165, 1.54) is 18.2 Å². The van der Waals surface area contributed by atoms with Gasteiger partial charge in [-0.2, -0.15) is 0 Å². The van der Waals surface area contributed by atoms with Gasteiger partial charge in [-0.15, -0.1) is 0 Å². The number of hydrogen-bond acceptors (Lipinski definition) is 4. The van der Waals surface area contributed by atoms with Gasteiger partial charge >= 0.3 is 0 Å². The van der Waals surface area contributed by atoms with E-state index < -0.39 is 0 Å². The molecule has 1 aliphatic rings. The first-order valence-electron chi connectivity index (χ1n) is 12.4. The Balaban J connectivity index is 1.42. The monoisotopic (exact) mass is 521 g/mol. The first-order chi connectivity index (χ1) is 18.9. The van der Waals surface area contributed by atoms with Crippen LogP contribution >= 0.6 is 0 Å². The Labute approximate surface area is 221 Å². The highest BCUT2D eigenvalue weighted by Crippen LogP contribution is 2.41. The molecular weight excluding hydrogens is 500 g/mol. The van der Waals surface area contributed by atoms with E-state index >= 15 is 0 Å². The third-order valence-electron chi connectivity index (χ3n) is 7.21. The van der Waals surface area contributed by atoms with Crippen molar-refractivity contribution < 1.29 is 22.7 Å². The molecule has 1 aliphatic heterocycles. The van der Waals surface area contributed by atoms with E-state index in [0.29, 0.717) is 50.4 Å². The summed E-state index contributed by atoms with van der Waals surface area (Å²) in [4.78, 5) is 18.0. The van der Waals surface area contributed by atoms with Crippen molar-refractivity contribution in [2.75, 3.05) is 7.05 Å². The second-order valence-electron chi connectivity index (χ2n) is 9.50. The van der Waals surface area contributed by atoms with Crippen LogP contribution in [0, 0.1) is 18.6 Å². The largest absolute Gasteiger partial charge is 0.470 e. The second kappa shape index (κ2) is 8.52. The summed E-state index contributed by atoms with van der Waals surface area (Å²) in [5, 5.41) is 3.81. The van der Waals surface area contributed by atoms with Crippen molar-refractivity contribution in [2.45, 2.75) is 13.7 Å². The first kappa shape index (κ1) is 23.2. The number of pyridine rings is 1. The van der Waals surface area contributed by atoms with Crippen LogP contribution in [0.5, 0.6) is 5.75 Å². The molecule has 0 spiro atoms. The van der Waals surface area contributed by atoms with Crippen LogP contribution in [0.15, 0.2) is 77.2 Å². The molecule has 39 heavy (non-hydrogen) atoms. The van der Waals surface area contributed by atoms with Crippen molar-refractivity contribution in [1.29, 1.82) is 0 Å². The molecule has 0 unspecified atom stereocenters. The van der Waals surface area contributed by atoms with Gasteiger partial charge in [0.2, 0.25) is 0 Å². The first-order valence-corrected chi connectivity index (χ1v) is 12.4. The molecule has 0 saturated carbocycles. The Morgan fingerprint density at radius 2 is 1.82 bits per heavy atom. The summed E-state index contributed by atoms with van der Waals surface area (Å²) < 4.78 is 42.1. The number of aromatic nitrogens is 2. The molecule has 3 aromatic carbocycles. The predicted octanol–water partition coefficient (Wildman–Crippen LogP) is 7.08. The van der Waals surface area contributed by atoms with Crippen LogP contribution in [0.2, 0.25) is 0 Å². The summed E-state index contributed by atoms with van der Waals surface area (Å²) in [6.07, 6.45) is 0. The van der Waals surface area contributed by atoms with Gasteiger partial charge in [0.15, 0.2) is 6.73 Å². The average molecular weight is 522 g/mol. The van der Waals surface area contributed by atoms with Gasteiger partial charge in [0.05, 0.1) is 22.5 Å². The molecule has 7 rings (SSSR count). The number of hydrogen-bond donors (Lipinski definition) is 1. The fraction of sp³-hybridized carbons (Fsp3) is 0.0968. The van der Waals surface area contributed by atoms with Gasteiger partial charge < -0.3 is 19.0 Å². The van der Waals surface area contributed by atoms with Gasteiger partial charge in [0, 0.05) is 28.9 Å². The Bertz CT molecular complexity index is 1950. The van der Waals surface area contributed by atoms with Gasteiger partial charge in [-0.25, -0.2) is 13.8 Å². The molecule has 1 amide bonds. The van der Waals surface area contributed by atoms with Gasteiger partial charge in [-0.3, -0.25) is 4.79 Å². The number of carbonyl (C=O) groups excluding carboxylic acids is 1. The highest BCUT2D eigenvalue weighted by Gasteiger charge is 2.25. The molecule has 8 heteroatoms. The zero-order chi connectivity index (χ0) is 26.8. The van der Waals surface area contributed by atoms with Crippen LogP contribution in [0.1, 0.15) is 15.9 Å². The highest BCUT2D eigenvalue weighted by molar-refractivity contribution is 6.12. The van der Waals surface area contributed by atoms with Crippen LogP contribution in [0.4, 0.5) is 8.78 Å². The maximum atomic E-state index is 14.5. The summed E-state index contributed by atoms with van der Waals surface area (Å²) in [5.41, 5.74) is 5.97. The molecule has 4 heterocycles. The number of rotatable bonds is 3. The molecule has 3 aromatic heterocycles. The van der Waals surface area contributed by atoms with E-state index in [9.17, 15) is 13.6 Å². The number of furan rings is 1. The molecule has 6 aromatic rings. The maximum Gasteiger partial charge on any atom is 0.255 e. The van der Waals surface area contributed by atoms with E-state index in [2.05, 4.69) is 5.32 Å². The van der Waals surface area contributed by atoms with Gasteiger partial charge in [-0.05, 0) is 79.2 Å². The Morgan fingerprint density at radius 3 is 2.62 bits per heavy atom. The molecule has 6 nitrogen and oxygen atoms in total. The lowest BCUT2D eigenvalue weighted by molar-refractivity contribution is 0.0964. The number of ether oxygens (including phenoxy) is 1. The zero-order valence-electron chi connectivity index (χ0n) is 21.0. The maximum absolute atomic E-state index is 14.5. The van der Waals surface area contributed by atoms with Crippen molar-refractivity contribution >= 4 is 27.8 Å².